The fourth-order valence-corrected chi connectivity index (χ4v) is 2.85. The minimum absolute atomic E-state index is 0.206. The Kier molecular flexibility index (Phi) is 6.29. The number of amides is 1. The Balaban J connectivity index is 1.77. The number of aryl methyl sites for hydroxylation is 2. The van der Waals surface area contributed by atoms with Gasteiger partial charge in [-0.05, 0) is 55.3 Å². The number of benzene rings is 2. The molecule has 6 nitrogen and oxygen atoms in total. The molecule has 0 unspecified atom stereocenters. The minimum atomic E-state index is -0.361. The van der Waals surface area contributed by atoms with E-state index in [1.807, 2.05) is 12.1 Å². The van der Waals surface area contributed by atoms with E-state index in [-0.39, 0.29) is 29.8 Å². The summed E-state index contributed by atoms with van der Waals surface area (Å²) in [6.45, 7) is 3.43. The van der Waals surface area contributed by atoms with Crippen molar-refractivity contribution in [2.24, 2.45) is 0 Å². The Hall–Kier alpha value is -3.19. The molecule has 2 aromatic carbocycles. The number of nitrogens with one attached hydrogen (secondary N) is 2. The van der Waals surface area contributed by atoms with Crippen molar-refractivity contribution in [3.8, 4) is 0 Å². The third-order valence-corrected chi connectivity index (χ3v) is 4.51. The highest BCUT2D eigenvalue weighted by Crippen LogP contribution is 2.17. The second kappa shape index (κ2) is 8.87. The van der Waals surface area contributed by atoms with E-state index in [0.29, 0.717) is 28.5 Å². The number of nitrogens with zero attached hydrogens (tertiary/aromatic N) is 2. The van der Waals surface area contributed by atoms with Gasteiger partial charge >= 0.3 is 0 Å². The van der Waals surface area contributed by atoms with Gasteiger partial charge < -0.3 is 10.6 Å². The molecule has 0 radical (unpaired) electrons. The van der Waals surface area contributed by atoms with Crippen molar-refractivity contribution in [3.63, 3.8) is 0 Å². The minimum Gasteiger partial charge on any atom is -0.350 e. The van der Waals surface area contributed by atoms with Crippen LogP contribution in [-0.4, -0.2) is 15.5 Å². The highest BCUT2D eigenvalue weighted by molar-refractivity contribution is 6.30. The van der Waals surface area contributed by atoms with Gasteiger partial charge in [-0.25, -0.2) is 9.37 Å². The van der Waals surface area contributed by atoms with Gasteiger partial charge in [0.1, 0.15) is 12.4 Å². The second-order valence-electron chi connectivity index (χ2n) is 6.64. The number of carbonyl (C=O) groups excluding carboxylic acids is 1. The molecule has 0 saturated heterocycles. The molecule has 2 N–H and O–H groups in total. The van der Waals surface area contributed by atoms with Crippen LogP contribution in [0, 0.1) is 19.7 Å². The Labute approximate surface area is 172 Å². The normalized spacial score (nSPS) is 10.6. The molecular formula is C21H20ClFN4O2. The lowest BCUT2D eigenvalue weighted by Gasteiger charge is -2.15. The van der Waals surface area contributed by atoms with Gasteiger partial charge in [-0.1, -0.05) is 23.7 Å². The van der Waals surface area contributed by atoms with Crippen LogP contribution in [0.3, 0.4) is 0 Å². The van der Waals surface area contributed by atoms with Crippen molar-refractivity contribution in [2.75, 3.05) is 5.32 Å². The van der Waals surface area contributed by atoms with E-state index in [1.165, 1.54) is 16.7 Å². The Morgan fingerprint density at radius 1 is 1.14 bits per heavy atom. The molecule has 1 heterocycles. The zero-order chi connectivity index (χ0) is 21.0. The van der Waals surface area contributed by atoms with E-state index >= 15 is 0 Å². The Bertz CT molecular complexity index is 1100. The number of aromatic nitrogens is 2. The lowest BCUT2D eigenvalue weighted by atomic mass is 10.2. The van der Waals surface area contributed by atoms with Crippen molar-refractivity contribution in [2.45, 2.75) is 26.9 Å². The molecular weight excluding hydrogens is 395 g/mol. The number of hydrogen-bond donors (Lipinski definition) is 2. The number of carbonyl (C=O) groups is 1. The third kappa shape index (κ3) is 5.42. The monoisotopic (exact) mass is 414 g/mol. The maximum atomic E-state index is 13.5. The van der Waals surface area contributed by atoms with E-state index in [0.717, 1.165) is 5.56 Å². The molecule has 3 aromatic rings. The summed E-state index contributed by atoms with van der Waals surface area (Å²) in [5.74, 6) is -0.458. The van der Waals surface area contributed by atoms with E-state index in [2.05, 4.69) is 15.6 Å². The molecule has 0 bridgehead atoms. The molecule has 29 heavy (non-hydrogen) atoms. The van der Waals surface area contributed by atoms with E-state index < -0.39 is 0 Å². The maximum Gasteiger partial charge on any atom is 0.255 e. The predicted molar refractivity (Wildman–Crippen MR) is 111 cm³/mol. The first-order valence-corrected chi connectivity index (χ1v) is 9.32. The highest BCUT2D eigenvalue weighted by Gasteiger charge is 2.12. The quantitative estimate of drug-likeness (QED) is 0.644. The van der Waals surface area contributed by atoms with Gasteiger partial charge in [0.25, 0.3) is 5.56 Å². The summed E-state index contributed by atoms with van der Waals surface area (Å²) in [4.78, 5) is 29.2. The first kappa shape index (κ1) is 20.5. The molecule has 0 aliphatic rings. The molecule has 0 saturated carbocycles. The molecule has 0 atom stereocenters. The van der Waals surface area contributed by atoms with Gasteiger partial charge in [-0.15, -0.1) is 0 Å². The summed E-state index contributed by atoms with van der Waals surface area (Å²) < 4.78 is 14.7. The van der Waals surface area contributed by atoms with Crippen LogP contribution in [0.15, 0.2) is 53.3 Å². The first-order valence-electron chi connectivity index (χ1n) is 8.94. The Morgan fingerprint density at radius 2 is 1.86 bits per heavy atom. The van der Waals surface area contributed by atoms with Crippen LogP contribution in [-0.2, 0) is 17.9 Å². The van der Waals surface area contributed by atoms with Crippen molar-refractivity contribution < 1.29 is 9.18 Å². The molecule has 1 amide bonds. The van der Waals surface area contributed by atoms with E-state index in [1.54, 1.807) is 38.1 Å². The number of hydrogen-bond acceptors (Lipinski definition) is 4. The molecule has 3 rings (SSSR count). The average molecular weight is 415 g/mol. The second-order valence-corrected chi connectivity index (χ2v) is 7.07. The number of rotatable bonds is 6. The van der Waals surface area contributed by atoms with E-state index in [4.69, 9.17) is 11.6 Å². The number of halogens is 2. The smallest absolute Gasteiger partial charge is 0.255 e. The summed E-state index contributed by atoms with van der Waals surface area (Å²) in [6.07, 6.45) is 0. The standard InChI is InChI=1S/C21H20ClFN4O2/c1-13-9-17(7-8-18(13)23)26-21-25-14(2)10-20(29)27(21)12-19(28)24-11-15-3-5-16(22)6-4-15/h3-10H,11-12H2,1-2H3,(H,24,28)(H,25,26). The van der Waals surface area contributed by atoms with Crippen LogP contribution >= 0.6 is 11.6 Å². The zero-order valence-corrected chi connectivity index (χ0v) is 16.8. The van der Waals surface area contributed by atoms with Gasteiger partial charge in [0.15, 0.2) is 0 Å². The van der Waals surface area contributed by atoms with Gasteiger partial charge in [0.2, 0.25) is 11.9 Å². The number of anilines is 2. The third-order valence-electron chi connectivity index (χ3n) is 4.26. The van der Waals surface area contributed by atoms with Crippen LogP contribution in [0.1, 0.15) is 16.8 Å². The lowest BCUT2D eigenvalue weighted by molar-refractivity contribution is -0.121. The van der Waals surface area contributed by atoms with Crippen molar-refractivity contribution >= 4 is 29.1 Å². The SMILES string of the molecule is Cc1cc(=O)n(CC(=O)NCc2ccc(Cl)cc2)c(Nc2ccc(F)c(C)c2)n1. The van der Waals surface area contributed by atoms with Crippen molar-refractivity contribution in [1.29, 1.82) is 0 Å². The van der Waals surface area contributed by atoms with Crippen LogP contribution in [0.2, 0.25) is 5.02 Å². The first-order chi connectivity index (χ1) is 13.8. The largest absolute Gasteiger partial charge is 0.350 e. The molecule has 0 aliphatic heterocycles. The van der Waals surface area contributed by atoms with Crippen molar-refractivity contribution in [3.05, 3.63) is 86.5 Å². The summed E-state index contributed by atoms with van der Waals surface area (Å²) in [7, 11) is 0. The highest BCUT2D eigenvalue weighted by atomic mass is 35.5. The summed E-state index contributed by atoms with van der Waals surface area (Å²) in [5.41, 5.74) is 2.06. The molecule has 0 fully saturated rings. The molecule has 0 aliphatic carbocycles. The lowest BCUT2D eigenvalue weighted by Crippen LogP contribution is -2.33. The van der Waals surface area contributed by atoms with Gasteiger partial charge in [0, 0.05) is 29.0 Å². The van der Waals surface area contributed by atoms with Crippen molar-refractivity contribution in [1.82, 2.24) is 14.9 Å². The Morgan fingerprint density at radius 3 is 2.55 bits per heavy atom. The zero-order valence-electron chi connectivity index (χ0n) is 16.0. The molecule has 0 spiro atoms. The predicted octanol–water partition coefficient (Wildman–Crippen LogP) is 3.71. The summed E-state index contributed by atoms with van der Waals surface area (Å²) in [6, 6.07) is 12.9. The van der Waals surface area contributed by atoms with Gasteiger partial charge in [0.05, 0.1) is 0 Å². The summed E-state index contributed by atoms with van der Waals surface area (Å²) >= 11 is 5.85. The van der Waals surface area contributed by atoms with Gasteiger partial charge in [-0.3, -0.25) is 14.2 Å². The maximum absolute atomic E-state index is 13.5. The molecule has 150 valence electrons. The van der Waals surface area contributed by atoms with Crippen LogP contribution in [0.25, 0.3) is 0 Å². The topological polar surface area (TPSA) is 76.0 Å². The fraction of sp³-hybridized carbons (Fsp3) is 0.190. The van der Waals surface area contributed by atoms with Crippen LogP contribution in [0.4, 0.5) is 16.0 Å². The van der Waals surface area contributed by atoms with Crippen LogP contribution < -0.4 is 16.2 Å². The molecule has 8 heteroatoms. The molecule has 1 aromatic heterocycles. The van der Waals surface area contributed by atoms with Gasteiger partial charge in [-0.2, -0.15) is 0 Å². The summed E-state index contributed by atoms with van der Waals surface area (Å²) in [5, 5.41) is 6.38. The van der Waals surface area contributed by atoms with E-state index in [9.17, 15) is 14.0 Å². The fourth-order valence-electron chi connectivity index (χ4n) is 2.72. The average Bonchev–Trinajstić information content (AvgIpc) is 2.67. The van der Waals surface area contributed by atoms with Crippen LogP contribution in [0.5, 0.6) is 0 Å².